The minimum atomic E-state index is -3.67. The molecule has 2 fully saturated rings. The van der Waals surface area contributed by atoms with Crippen LogP contribution in [-0.2, 0) is 14.8 Å². The van der Waals surface area contributed by atoms with Gasteiger partial charge in [0, 0.05) is 32.2 Å². The zero-order valence-corrected chi connectivity index (χ0v) is 21.5. The number of carbonyl (C=O) groups is 1. The molecule has 8 nitrogen and oxygen atoms in total. The smallest absolute Gasteiger partial charge is 0.343 e. The molecular formula is C25H29N3O5S2. The second-order valence-electron chi connectivity index (χ2n) is 9.17. The van der Waals surface area contributed by atoms with E-state index in [2.05, 4.69) is 4.90 Å². The molecule has 35 heavy (non-hydrogen) atoms. The fraction of sp³-hybridized carbons (Fsp3) is 0.440. The van der Waals surface area contributed by atoms with Crippen LogP contribution in [0.15, 0.2) is 47.4 Å². The van der Waals surface area contributed by atoms with Gasteiger partial charge in [-0.05, 0) is 69.5 Å². The summed E-state index contributed by atoms with van der Waals surface area (Å²) in [6, 6.07) is 11.3. The number of piperidine rings is 1. The lowest BCUT2D eigenvalue weighted by Crippen LogP contribution is -2.48. The van der Waals surface area contributed by atoms with Gasteiger partial charge in [-0.15, -0.1) is 0 Å². The lowest BCUT2D eigenvalue weighted by molar-refractivity contribution is -0.0440. The number of fused-ring (bicyclic) bond motifs is 1. The highest BCUT2D eigenvalue weighted by atomic mass is 32.2. The van der Waals surface area contributed by atoms with Gasteiger partial charge in [0.15, 0.2) is 5.13 Å². The summed E-state index contributed by atoms with van der Waals surface area (Å²) in [5.41, 5.74) is 1.17. The van der Waals surface area contributed by atoms with E-state index >= 15 is 0 Å². The maximum absolute atomic E-state index is 13.0. The number of benzene rings is 2. The lowest BCUT2D eigenvalue weighted by Gasteiger charge is -2.34. The Hall–Kier alpha value is -2.53. The van der Waals surface area contributed by atoms with Gasteiger partial charge in [0.2, 0.25) is 10.0 Å². The van der Waals surface area contributed by atoms with Gasteiger partial charge in [-0.3, -0.25) is 0 Å². The van der Waals surface area contributed by atoms with Crippen LogP contribution in [0.3, 0.4) is 0 Å². The number of ether oxygens (including phenoxy) is 2. The van der Waals surface area contributed by atoms with Crippen LogP contribution in [0.2, 0.25) is 0 Å². The predicted molar refractivity (Wildman–Crippen MR) is 136 cm³/mol. The summed E-state index contributed by atoms with van der Waals surface area (Å²) < 4.78 is 39.7. The van der Waals surface area contributed by atoms with E-state index in [1.807, 2.05) is 26.0 Å². The van der Waals surface area contributed by atoms with Gasteiger partial charge >= 0.3 is 5.97 Å². The number of anilines is 1. The first-order valence-electron chi connectivity index (χ1n) is 11.9. The van der Waals surface area contributed by atoms with Gasteiger partial charge in [0.05, 0.1) is 32.9 Å². The molecule has 0 radical (unpaired) electrons. The van der Waals surface area contributed by atoms with Crippen LogP contribution in [0.1, 0.15) is 43.5 Å². The second-order valence-corrected chi connectivity index (χ2v) is 12.1. The number of sulfonamides is 1. The Morgan fingerprint density at radius 3 is 2.40 bits per heavy atom. The zero-order valence-electron chi connectivity index (χ0n) is 19.8. The first kappa shape index (κ1) is 24.2. The summed E-state index contributed by atoms with van der Waals surface area (Å²) >= 11 is 1.60. The van der Waals surface area contributed by atoms with E-state index in [-0.39, 0.29) is 22.7 Å². The number of rotatable bonds is 5. The van der Waals surface area contributed by atoms with E-state index in [4.69, 9.17) is 14.5 Å². The minimum Gasteiger partial charge on any atom is -0.423 e. The lowest BCUT2D eigenvalue weighted by atomic mass is 10.1. The van der Waals surface area contributed by atoms with Crippen LogP contribution in [0, 0.1) is 0 Å². The van der Waals surface area contributed by atoms with E-state index in [1.54, 1.807) is 17.4 Å². The standard InChI is InChI=1S/C25H29N3O5S2/c1-17-15-28(16-18(2)32-17)35(30,31)21-9-6-19(7-10-21)24(29)33-20-8-11-22-23(14-20)34-25(26-22)27-12-4-3-5-13-27/h6-11,14,17-18H,3-5,12-13,15-16H2,1-2H3. The number of carbonyl (C=O) groups excluding carboxylic acids is 1. The van der Waals surface area contributed by atoms with Crippen LogP contribution in [0.25, 0.3) is 10.2 Å². The summed E-state index contributed by atoms with van der Waals surface area (Å²) in [5, 5.41) is 1.00. The van der Waals surface area contributed by atoms with E-state index in [9.17, 15) is 13.2 Å². The average Bonchev–Trinajstić information content (AvgIpc) is 3.27. The molecule has 0 amide bonds. The van der Waals surface area contributed by atoms with Gasteiger partial charge in [-0.25, -0.2) is 18.2 Å². The van der Waals surface area contributed by atoms with E-state index < -0.39 is 16.0 Å². The SMILES string of the molecule is CC1CN(S(=O)(=O)c2ccc(C(=O)Oc3ccc4nc(N5CCCCC5)sc4c3)cc2)CC(C)O1. The Morgan fingerprint density at radius 2 is 1.71 bits per heavy atom. The minimum absolute atomic E-state index is 0.145. The number of nitrogens with zero attached hydrogens (tertiary/aromatic N) is 3. The Kier molecular flexibility index (Phi) is 6.80. The molecule has 0 saturated carbocycles. The van der Waals surface area contributed by atoms with E-state index in [0.29, 0.717) is 18.8 Å². The van der Waals surface area contributed by atoms with Crippen molar-refractivity contribution < 1.29 is 22.7 Å². The highest BCUT2D eigenvalue weighted by Crippen LogP contribution is 2.33. The molecule has 0 N–H and O–H groups in total. The van der Waals surface area contributed by atoms with Crippen molar-refractivity contribution in [3.8, 4) is 5.75 Å². The molecular weight excluding hydrogens is 486 g/mol. The van der Waals surface area contributed by atoms with Crippen molar-refractivity contribution in [3.63, 3.8) is 0 Å². The monoisotopic (exact) mass is 515 g/mol. The molecule has 2 atom stereocenters. The number of thiazole rings is 1. The summed E-state index contributed by atoms with van der Waals surface area (Å²) in [6.45, 7) is 6.37. The van der Waals surface area contributed by atoms with Crippen molar-refractivity contribution in [2.75, 3.05) is 31.1 Å². The van der Waals surface area contributed by atoms with Crippen LogP contribution >= 0.6 is 11.3 Å². The van der Waals surface area contributed by atoms with E-state index in [1.165, 1.54) is 47.8 Å². The fourth-order valence-electron chi connectivity index (χ4n) is 4.58. The highest BCUT2D eigenvalue weighted by Gasteiger charge is 2.32. The summed E-state index contributed by atoms with van der Waals surface area (Å²) in [7, 11) is -3.67. The molecule has 2 aliphatic heterocycles. The normalized spacial score (nSPS) is 21.8. The molecule has 2 unspecified atom stereocenters. The van der Waals surface area contributed by atoms with Crippen molar-refractivity contribution in [2.24, 2.45) is 0 Å². The van der Waals surface area contributed by atoms with Crippen molar-refractivity contribution in [2.45, 2.75) is 50.2 Å². The first-order chi connectivity index (χ1) is 16.8. The molecule has 2 aliphatic rings. The number of aromatic nitrogens is 1. The quantitative estimate of drug-likeness (QED) is 0.370. The third kappa shape index (κ3) is 5.20. The fourth-order valence-corrected chi connectivity index (χ4v) is 7.22. The van der Waals surface area contributed by atoms with Crippen LogP contribution < -0.4 is 9.64 Å². The topological polar surface area (TPSA) is 89.0 Å². The van der Waals surface area contributed by atoms with Gasteiger partial charge < -0.3 is 14.4 Å². The predicted octanol–water partition coefficient (Wildman–Crippen LogP) is 4.30. The van der Waals surface area contributed by atoms with E-state index in [0.717, 1.165) is 28.4 Å². The maximum Gasteiger partial charge on any atom is 0.343 e. The van der Waals surface area contributed by atoms with Gasteiger partial charge in [-0.2, -0.15) is 4.31 Å². The van der Waals surface area contributed by atoms with Gasteiger partial charge in [0.25, 0.3) is 0 Å². The molecule has 0 spiro atoms. The number of hydrogen-bond acceptors (Lipinski definition) is 8. The second kappa shape index (κ2) is 9.85. The average molecular weight is 516 g/mol. The Bertz CT molecular complexity index is 1310. The molecule has 0 bridgehead atoms. The van der Waals surface area contributed by atoms with Gasteiger partial charge in [0.1, 0.15) is 5.75 Å². The molecule has 10 heteroatoms. The molecule has 2 aromatic carbocycles. The Balaban J connectivity index is 1.28. The third-order valence-corrected chi connectivity index (χ3v) is 9.22. The van der Waals surface area contributed by atoms with Crippen molar-refractivity contribution in [1.82, 2.24) is 9.29 Å². The molecule has 3 aromatic rings. The van der Waals surface area contributed by atoms with Crippen molar-refractivity contribution in [3.05, 3.63) is 48.0 Å². The van der Waals surface area contributed by atoms with Gasteiger partial charge in [-0.1, -0.05) is 11.3 Å². The van der Waals surface area contributed by atoms with Crippen LogP contribution in [0.5, 0.6) is 5.75 Å². The third-order valence-electron chi connectivity index (χ3n) is 6.30. The highest BCUT2D eigenvalue weighted by molar-refractivity contribution is 7.89. The molecule has 5 rings (SSSR count). The zero-order chi connectivity index (χ0) is 24.6. The molecule has 186 valence electrons. The van der Waals surface area contributed by atoms with Crippen molar-refractivity contribution >= 4 is 42.7 Å². The molecule has 1 aromatic heterocycles. The molecule has 3 heterocycles. The maximum atomic E-state index is 13.0. The number of esters is 1. The Morgan fingerprint density at radius 1 is 1.03 bits per heavy atom. The summed E-state index contributed by atoms with van der Waals surface area (Å²) in [5.74, 6) is -0.105. The first-order valence-corrected chi connectivity index (χ1v) is 14.2. The van der Waals surface area contributed by atoms with Crippen LogP contribution in [-0.4, -0.2) is 62.1 Å². The number of hydrogen-bond donors (Lipinski definition) is 0. The summed E-state index contributed by atoms with van der Waals surface area (Å²) in [4.78, 5) is 19.9. The van der Waals surface area contributed by atoms with Crippen molar-refractivity contribution in [1.29, 1.82) is 0 Å². The molecule has 2 saturated heterocycles. The summed E-state index contributed by atoms with van der Waals surface area (Å²) in [6.07, 6.45) is 3.29. The number of morpholine rings is 1. The largest absolute Gasteiger partial charge is 0.423 e. The Labute approximate surface area is 209 Å². The van der Waals surface area contributed by atoms with Crippen LogP contribution in [0.4, 0.5) is 5.13 Å². The molecule has 0 aliphatic carbocycles.